The lowest BCUT2D eigenvalue weighted by atomic mass is 10.2. The van der Waals surface area contributed by atoms with Crippen LogP contribution in [0.25, 0.3) is 0 Å². The van der Waals surface area contributed by atoms with Crippen molar-refractivity contribution >= 4 is 11.9 Å². The molecule has 2 rings (SSSR count). The SMILES string of the molecule is NOC(=O)c1ccccc1.O=C(O)c1ccccc1. The van der Waals surface area contributed by atoms with Crippen LogP contribution in [0.2, 0.25) is 0 Å². The molecular weight excluding hydrogens is 246 g/mol. The smallest absolute Gasteiger partial charge is 0.356 e. The molecule has 0 aliphatic carbocycles. The van der Waals surface area contributed by atoms with Crippen molar-refractivity contribution in [3.05, 3.63) is 71.8 Å². The third-order valence-electron chi connectivity index (χ3n) is 2.14. The third kappa shape index (κ3) is 5.01. The number of carboxylic acid groups (broad SMARTS) is 1. The normalized spacial score (nSPS) is 8.89. The molecule has 0 amide bonds. The number of carbonyl (C=O) groups is 2. The highest BCUT2D eigenvalue weighted by Crippen LogP contribution is 1.98. The first-order valence-electron chi connectivity index (χ1n) is 5.39. The van der Waals surface area contributed by atoms with Crippen LogP contribution >= 0.6 is 0 Å². The van der Waals surface area contributed by atoms with Gasteiger partial charge in [-0.1, -0.05) is 36.4 Å². The highest BCUT2D eigenvalue weighted by molar-refractivity contribution is 5.89. The molecule has 0 saturated heterocycles. The summed E-state index contributed by atoms with van der Waals surface area (Å²) in [6, 6.07) is 16.9. The Labute approximate surface area is 110 Å². The van der Waals surface area contributed by atoms with E-state index in [-0.39, 0.29) is 0 Å². The van der Waals surface area contributed by atoms with Gasteiger partial charge in [0.15, 0.2) is 0 Å². The lowest BCUT2D eigenvalue weighted by Crippen LogP contribution is -2.09. The van der Waals surface area contributed by atoms with E-state index >= 15 is 0 Å². The molecule has 0 heterocycles. The van der Waals surface area contributed by atoms with E-state index in [0.29, 0.717) is 11.1 Å². The summed E-state index contributed by atoms with van der Waals surface area (Å²) in [6.45, 7) is 0. The minimum atomic E-state index is -0.879. The summed E-state index contributed by atoms with van der Waals surface area (Å²) in [5, 5.41) is 8.38. The van der Waals surface area contributed by atoms with Gasteiger partial charge < -0.3 is 9.94 Å². The number of benzene rings is 2. The average molecular weight is 259 g/mol. The van der Waals surface area contributed by atoms with Gasteiger partial charge in [-0.05, 0) is 24.3 Å². The molecule has 0 saturated carbocycles. The van der Waals surface area contributed by atoms with Crippen molar-refractivity contribution in [3.63, 3.8) is 0 Å². The molecule has 0 aliphatic rings. The number of carbonyl (C=O) groups excluding carboxylic acids is 1. The second-order valence-corrected chi connectivity index (χ2v) is 3.44. The standard InChI is InChI=1S/C7H7NO2.C7H6O2/c8-10-7(9)6-4-2-1-3-5-6;8-7(9)6-4-2-1-3-5-6/h1-5H,8H2;1-5H,(H,8,9). The largest absolute Gasteiger partial charge is 0.478 e. The first-order chi connectivity index (χ1) is 9.15. The Kier molecular flexibility index (Phi) is 5.78. The van der Waals surface area contributed by atoms with Gasteiger partial charge in [0.1, 0.15) is 0 Å². The van der Waals surface area contributed by atoms with Crippen molar-refractivity contribution in [3.8, 4) is 0 Å². The highest BCUT2D eigenvalue weighted by atomic mass is 16.7. The number of rotatable bonds is 2. The molecular formula is C14H13NO4. The maximum absolute atomic E-state index is 10.7. The molecule has 0 spiro atoms. The van der Waals surface area contributed by atoms with Crippen molar-refractivity contribution in [2.45, 2.75) is 0 Å². The third-order valence-corrected chi connectivity index (χ3v) is 2.14. The molecule has 0 fully saturated rings. The van der Waals surface area contributed by atoms with Gasteiger partial charge in [0.05, 0.1) is 11.1 Å². The first-order valence-corrected chi connectivity index (χ1v) is 5.39. The Bertz CT molecular complexity index is 526. The van der Waals surface area contributed by atoms with Gasteiger partial charge in [0.2, 0.25) is 0 Å². The minimum Gasteiger partial charge on any atom is -0.478 e. The van der Waals surface area contributed by atoms with E-state index in [2.05, 4.69) is 10.7 Å². The van der Waals surface area contributed by atoms with Gasteiger partial charge in [0, 0.05) is 0 Å². The van der Waals surface area contributed by atoms with E-state index in [1.165, 1.54) is 0 Å². The summed E-state index contributed by atoms with van der Waals surface area (Å²) >= 11 is 0. The van der Waals surface area contributed by atoms with Crippen LogP contribution in [0, 0.1) is 0 Å². The summed E-state index contributed by atoms with van der Waals surface area (Å²) < 4.78 is 0. The van der Waals surface area contributed by atoms with Gasteiger partial charge in [0.25, 0.3) is 0 Å². The van der Waals surface area contributed by atoms with E-state index < -0.39 is 11.9 Å². The quantitative estimate of drug-likeness (QED) is 0.806. The molecule has 5 nitrogen and oxygen atoms in total. The molecule has 98 valence electrons. The Morgan fingerprint density at radius 1 is 0.842 bits per heavy atom. The minimum absolute atomic E-state index is 0.331. The fourth-order valence-corrected chi connectivity index (χ4v) is 1.22. The van der Waals surface area contributed by atoms with E-state index in [0.717, 1.165) is 0 Å². The van der Waals surface area contributed by atoms with Crippen LogP contribution in [0.5, 0.6) is 0 Å². The van der Waals surface area contributed by atoms with Crippen LogP contribution in [0.3, 0.4) is 0 Å². The predicted molar refractivity (Wildman–Crippen MR) is 69.4 cm³/mol. The molecule has 5 heteroatoms. The number of hydrogen-bond acceptors (Lipinski definition) is 4. The molecule has 19 heavy (non-hydrogen) atoms. The zero-order valence-corrected chi connectivity index (χ0v) is 10.0. The van der Waals surface area contributed by atoms with E-state index in [1.807, 2.05) is 6.07 Å². The molecule has 0 bridgehead atoms. The van der Waals surface area contributed by atoms with Crippen molar-refractivity contribution in [1.29, 1.82) is 0 Å². The van der Waals surface area contributed by atoms with E-state index in [1.54, 1.807) is 54.6 Å². The molecule has 0 atom stereocenters. The van der Waals surface area contributed by atoms with Gasteiger partial charge in [-0.2, -0.15) is 5.90 Å². The summed E-state index contributed by atoms with van der Waals surface area (Å²) in [4.78, 5) is 24.9. The fraction of sp³-hybridized carbons (Fsp3) is 0. The molecule has 0 radical (unpaired) electrons. The predicted octanol–water partition coefficient (Wildman–Crippen LogP) is 2.10. The Morgan fingerprint density at radius 2 is 1.26 bits per heavy atom. The lowest BCUT2D eigenvalue weighted by molar-refractivity contribution is 0.0503. The van der Waals surface area contributed by atoms with Crippen LogP contribution in [0.4, 0.5) is 0 Å². The molecule has 2 aromatic carbocycles. The number of carboxylic acids is 1. The summed E-state index contributed by atoms with van der Waals surface area (Å²) in [7, 11) is 0. The fourth-order valence-electron chi connectivity index (χ4n) is 1.22. The first kappa shape index (κ1) is 14.4. The summed E-state index contributed by atoms with van der Waals surface area (Å²) in [6.07, 6.45) is 0. The molecule has 2 aromatic rings. The van der Waals surface area contributed by atoms with Crippen molar-refractivity contribution in [2.75, 3.05) is 0 Å². The van der Waals surface area contributed by atoms with Gasteiger partial charge >= 0.3 is 11.9 Å². The zero-order chi connectivity index (χ0) is 14.1. The highest BCUT2D eigenvalue weighted by Gasteiger charge is 2.01. The molecule has 0 unspecified atom stereocenters. The van der Waals surface area contributed by atoms with Gasteiger partial charge in [-0.3, -0.25) is 0 Å². The second kappa shape index (κ2) is 7.62. The zero-order valence-electron chi connectivity index (χ0n) is 10.0. The van der Waals surface area contributed by atoms with Crippen LogP contribution in [-0.4, -0.2) is 17.0 Å². The average Bonchev–Trinajstić information content (AvgIpc) is 2.49. The Balaban J connectivity index is 0.000000191. The maximum atomic E-state index is 10.7. The molecule has 0 aliphatic heterocycles. The number of aromatic carboxylic acids is 1. The number of nitrogens with two attached hydrogens (primary N) is 1. The van der Waals surface area contributed by atoms with Gasteiger partial charge in [-0.15, -0.1) is 0 Å². The lowest BCUT2D eigenvalue weighted by Gasteiger charge is -1.94. The van der Waals surface area contributed by atoms with Gasteiger partial charge in [-0.25, -0.2) is 9.59 Å². The molecule has 0 aromatic heterocycles. The Morgan fingerprint density at radius 3 is 1.58 bits per heavy atom. The topological polar surface area (TPSA) is 89.6 Å². The Hall–Kier alpha value is -2.66. The summed E-state index contributed by atoms with van der Waals surface area (Å²) in [5.74, 6) is 3.26. The van der Waals surface area contributed by atoms with Crippen LogP contribution < -0.4 is 5.90 Å². The monoisotopic (exact) mass is 259 g/mol. The van der Waals surface area contributed by atoms with Crippen LogP contribution in [0.15, 0.2) is 60.7 Å². The molecule has 3 N–H and O–H groups in total. The van der Waals surface area contributed by atoms with Crippen molar-refractivity contribution in [2.24, 2.45) is 5.90 Å². The van der Waals surface area contributed by atoms with Crippen LogP contribution in [0.1, 0.15) is 20.7 Å². The van der Waals surface area contributed by atoms with Crippen molar-refractivity contribution in [1.82, 2.24) is 0 Å². The number of hydrogen-bond donors (Lipinski definition) is 2. The second-order valence-electron chi connectivity index (χ2n) is 3.44. The summed E-state index contributed by atoms with van der Waals surface area (Å²) in [5.41, 5.74) is 0.794. The van der Waals surface area contributed by atoms with Crippen LogP contribution in [-0.2, 0) is 4.84 Å². The van der Waals surface area contributed by atoms with E-state index in [9.17, 15) is 9.59 Å². The maximum Gasteiger partial charge on any atom is 0.356 e. The van der Waals surface area contributed by atoms with Crippen molar-refractivity contribution < 1.29 is 19.5 Å². The van der Waals surface area contributed by atoms with E-state index in [4.69, 9.17) is 5.11 Å².